The summed E-state index contributed by atoms with van der Waals surface area (Å²) in [6.45, 7) is 1.84. The lowest BCUT2D eigenvalue weighted by Gasteiger charge is -2.03. The van der Waals surface area contributed by atoms with Crippen molar-refractivity contribution in [1.82, 2.24) is 5.48 Å². The molecule has 0 fully saturated rings. The van der Waals surface area contributed by atoms with Crippen LogP contribution in [0.1, 0.15) is 11.1 Å². The fraction of sp³-hybridized carbons (Fsp3) is 0.125. The Hall–Kier alpha value is -3.55. The largest absolute Gasteiger partial charge is 0.496 e. The zero-order chi connectivity index (χ0) is 22.0. The summed E-state index contributed by atoms with van der Waals surface area (Å²) in [7, 11) is -2.60. The van der Waals surface area contributed by atoms with Crippen LogP contribution in [0.25, 0.3) is 0 Å². The molecule has 0 unspecified atom stereocenters. The number of benzene rings is 2. The minimum Gasteiger partial charge on any atom is -0.496 e. The van der Waals surface area contributed by atoms with Gasteiger partial charge in [0.25, 0.3) is 15.8 Å². The van der Waals surface area contributed by atoms with Crippen LogP contribution in [0.5, 0.6) is 5.75 Å². The van der Waals surface area contributed by atoms with Crippen LogP contribution in [0.3, 0.4) is 0 Å². The Morgan fingerprint density at radius 3 is 2.38 bits per heavy atom. The molecule has 0 spiro atoms. The molecule has 0 aliphatic rings. The maximum Gasteiger partial charge on any atom is 0.294 e. The molecule has 0 amide bonds. The minimum absolute atomic E-state index is 0.0666. The molecule has 2 rings (SSSR count). The highest BCUT2D eigenvalue weighted by molar-refractivity contribution is 7.85. The maximum absolute atomic E-state index is 10.6. The fourth-order valence-electron chi connectivity index (χ4n) is 1.82. The molecule has 0 bridgehead atoms. The van der Waals surface area contributed by atoms with Crippen LogP contribution in [0.4, 0.5) is 5.69 Å². The molecule has 5 N–H and O–H groups in total. The molecular weight excluding hydrogens is 406 g/mol. The lowest BCUT2D eigenvalue weighted by Crippen LogP contribution is -2.27. The van der Waals surface area contributed by atoms with Gasteiger partial charge in [0.1, 0.15) is 5.75 Å². The van der Waals surface area contributed by atoms with E-state index in [1.807, 2.05) is 6.92 Å². The molecule has 0 saturated heterocycles. The Labute approximate surface area is 166 Å². The molecule has 2 aromatic rings. The second-order valence-electron chi connectivity index (χ2n) is 5.31. The van der Waals surface area contributed by atoms with Crippen LogP contribution >= 0.6 is 0 Å². The summed E-state index contributed by atoms with van der Waals surface area (Å²) in [5.74, 6) is 0.0886. The SMILES string of the molecule is COc1ccc([N+](=O)[O-])cc1/C=N/N=C(\N)NO.Cc1ccc(S(=O)(=O)O)cc1. The van der Waals surface area contributed by atoms with E-state index in [1.165, 1.54) is 43.7 Å². The van der Waals surface area contributed by atoms with E-state index in [4.69, 9.17) is 20.2 Å². The molecule has 0 atom stereocenters. The highest BCUT2D eigenvalue weighted by Gasteiger charge is 2.09. The number of methoxy groups -OCH3 is 1. The normalized spacial score (nSPS) is 11.5. The number of nitro benzene ring substituents is 1. The summed E-state index contributed by atoms with van der Waals surface area (Å²) in [5, 5.41) is 25.9. The summed E-state index contributed by atoms with van der Waals surface area (Å²) >= 11 is 0. The van der Waals surface area contributed by atoms with Gasteiger partial charge >= 0.3 is 0 Å². The second-order valence-corrected chi connectivity index (χ2v) is 6.73. The van der Waals surface area contributed by atoms with Gasteiger partial charge in [-0.1, -0.05) is 17.7 Å². The number of hydrogen-bond donors (Lipinski definition) is 4. The Morgan fingerprint density at radius 2 is 1.90 bits per heavy atom. The first-order valence-electron chi connectivity index (χ1n) is 7.71. The summed E-state index contributed by atoms with van der Waals surface area (Å²) in [4.78, 5) is 10.0. The molecule has 0 aliphatic heterocycles. The summed E-state index contributed by atoms with van der Waals surface area (Å²) in [6.07, 6.45) is 1.22. The lowest BCUT2D eigenvalue weighted by molar-refractivity contribution is -0.384. The number of nitro groups is 1. The molecule has 12 nitrogen and oxygen atoms in total. The van der Waals surface area contributed by atoms with Crippen molar-refractivity contribution < 1.29 is 27.8 Å². The van der Waals surface area contributed by atoms with Gasteiger partial charge in [0.05, 0.1) is 23.1 Å². The van der Waals surface area contributed by atoms with Crippen molar-refractivity contribution in [3.63, 3.8) is 0 Å². The van der Waals surface area contributed by atoms with E-state index in [-0.39, 0.29) is 16.5 Å². The summed E-state index contributed by atoms with van der Waals surface area (Å²) < 4.78 is 34.6. The average molecular weight is 425 g/mol. The van der Waals surface area contributed by atoms with Crippen molar-refractivity contribution in [3.8, 4) is 5.75 Å². The smallest absolute Gasteiger partial charge is 0.294 e. The van der Waals surface area contributed by atoms with Gasteiger partial charge in [-0.15, -0.1) is 5.10 Å². The number of guanidine groups is 1. The quantitative estimate of drug-likeness (QED) is 0.181. The van der Waals surface area contributed by atoms with Crippen molar-refractivity contribution >= 4 is 28.0 Å². The van der Waals surface area contributed by atoms with E-state index in [1.54, 1.807) is 17.6 Å². The Bertz CT molecular complexity index is 1000. The summed E-state index contributed by atoms with van der Waals surface area (Å²) in [5.41, 5.74) is 7.92. The number of rotatable bonds is 5. The van der Waals surface area contributed by atoms with E-state index in [2.05, 4.69) is 10.2 Å². The van der Waals surface area contributed by atoms with Crippen LogP contribution in [-0.4, -0.2) is 42.4 Å². The van der Waals surface area contributed by atoms with Crippen molar-refractivity contribution in [2.24, 2.45) is 15.9 Å². The molecule has 0 heterocycles. The molecule has 0 aromatic heterocycles. The van der Waals surface area contributed by atoms with Gasteiger partial charge in [0.15, 0.2) is 0 Å². The fourth-order valence-corrected chi connectivity index (χ4v) is 2.30. The zero-order valence-electron chi connectivity index (χ0n) is 15.4. The van der Waals surface area contributed by atoms with Gasteiger partial charge in [-0.05, 0) is 25.1 Å². The Morgan fingerprint density at radius 1 is 1.28 bits per heavy atom. The van der Waals surface area contributed by atoms with E-state index >= 15 is 0 Å². The molecular formula is C16H19N5O7S. The molecule has 0 saturated carbocycles. The molecule has 0 aliphatic carbocycles. The number of aryl methyl sites for hydroxylation is 1. The number of ether oxygens (including phenoxy) is 1. The van der Waals surface area contributed by atoms with E-state index in [0.29, 0.717) is 11.3 Å². The standard InChI is InChI=1S/C9H11N5O4.C7H8O3S/c1-18-8-3-2-7(14(16)17)4-6(8)5-11-12-9(10)13-15;1-6-2-4-7(5-3-6)11(8,9)10/h2-5,15H,1H3,(H3,10,12,13);2-5H,1H3,(H,8,9,10)/b11-5+;. The first-order valence-corrected chi connectivity index (χ1v) is 9.15. The number of hydroxylamine groups is 1. The van der Waals surface area contributed by atoms with Crippen LogP contribution in [-0.2, 0) is 10.1 Å². The monoisotopic (exact) mass is 425 g/mol. The molecule has 2 aromatic carbocycles. The van der Waals surface area contributed by atoms with Crippen LogP contribution in [0.2, 0.25) is 0 Å². The number of hydrogen-bond acceptors (Lipinski definition) is 8. The predicted octanol–water partition coefficient (Wildman–Crippen LogP) is 1.47. The van der Waals surface area contributed by atoms with Gasteiger partial charge in [-0.25, -0.2) is 5.48 Å². The number of non-ortho nitro benzene ring substituents is 1. The minimum atomic E-state index is -4.02. The van der Waals surface area contributed by atoms with Crippen molar-refractivity contribution in [3.05, 3.63) is 63.7 Å². The first kappa shape index (κ1) is 23.5. The topological polar surface area (TPSA) is 190 Å². The Kier molecular flexibility index (Phi) is 8.67. The first-order chi connectivity index (χ1) is 13.6. The zero-order valence-corrected chi connectivity index (χ0v) is 16.2. The van der Waals surface area contributed by atoms with Crippen molar-refractivity contribution in [1.29, 1.82) is 0 Å². The van der Waals surface area contributed by atoms with E-state index in [9.17, 15) is 18.5 Å². The highest BCUT2D eigenvalue weighted by atomic mass is 32.2. The number of nitrogens with two attached hydrogens (primary N) is 1. The lowest BCUT2D eigenvalue weighted by atomic mass is 10.2. The predicted molar refractivity (Wildman–Crippen MR) is 105 cm³/mol. The Balaban J connectivity index is 0.000000326. The van der Waals surface area contributed by atoms with Gasteiger partial charge in [0.2, 0.25) is 5.96 Å². The molecule has 0 radical (unpaired) electrons. The van der Waals surface area contributed by atoms with Crippen LogP contribution in [0, 0.1) is 17.0 Å². The van der Waals surface area contributed by atoms with Gasteiger partial charge in [0, 0.05) is 17.7 Å². The van der Waals surface area contributed by atoms with Crippen molar-refractivity contribution in [2.75, 3.05) is 7.11 Å². The summed E-state index contributed by atoms with van der Waals surface area (Å²) in [6, 6.07) is 10.0. The third-order valence-corrected chi connectivity index (χ3v) is 4.09. The van der Waals surface area contributed by atoms with Crippen LogP contribution in [0.15, 0.2) is 57.6 Å². The average Bonchev–Trinajstić information content (AvgIpc) is 2.67. The van der Waals surface area contributed by atoms with Gasteiger partial charge < -0.3 is 10.5 Å². The highest BCUT2D eigenvalue weighted by Crippen LogP contribution is 2.22. The third-order valence-electron chi connectivity index (χ3n) is 3.22. The van der Waals surface area contributed by atoms with Gasteiger partial charge in [-0.2, -0.15) is 13.5 Å². The number of nitrogens with zero attached hydrogens (tertiary/aromatic N) is 3. The van der Waals surface area contributed by atoms with Crippen LogP contribution < -0.4 is 16.0 Å². The molecule has 13 heteroatoms. The van der Waals surface area contributed by atoms with E-state index in [0.717, 1.165) is 5.56 Å². The molecule has 29 heavy (non-hydrogen) atoms. The maximum atomic E-state index is 10.6. The van der Waals surface area contributed by atoms with Gasteiger partial charge in [-0.3, -0.25) is 19.9 Å². The van der Waals surface area contributed by atoms with E-state index < -0.39 is 15.0 Å². The second kappa shape index (κ2) is 10.7. The molecule has 156 valence electrons. The number of nitrogens with one attached hydrogen (secondary N) is 1. The third kappa shape index (κ3) is 7.92. The van der Waals surface area contributed by atoms with Crippen molar-refractivity contribution in [2.45, 2.75) is 11.8 Å².